The summed E-state index contributed by atoms with van der Waals surface area (Å²) in [4.78, 5) is 18.3. The third-order valence-electron chi connectivity index (χ3n) is 3.80. The summed E-state index contributed by atoms with van der Waals surface area (Å²) in [6, 6.07) is 5.29. The molecule has 4 rings (SSSR count). The van der Waals surface area contributed by atoms with Crippen LogP contribution in [0.5, 0.6) is 0 Å². The van der Waals surface area contributed by atoms with Gasteiger partial charge in [-0.3, -0.25) is 9.89 Å². The quantitative estimate of drug-likeness (QED) is 0.789. The number of nitrogens with one attached hydrogen (secondary N) is 1. The first kappa shape index (κ1) is 12.8. The van der Waals surface area contributed by atoms with Crippen LogP contribution in [0.3, 0.4) is 0 Å². The fourth-order valence-electron chi connectivity index (χ4n) is 2.67. The van der Waals surface area contributed by atoms with Gasteiger partial charge in [-0.25, -0.2) is 0 Å². The number of nitrogens with zero attached hydrogens (tertiary/aromatic N) is 4. The van der Waals surface area contributed by atoms with Crippen molar-refractivity contribution >= 4 is 5.91 Å². The van der Waals surface area contributed by atoms with Crippen molar-refractivity contribution in [2.24, 2.45) is 0 Å². The number of hydrogen-bond donors (Lipinski definition) is 1. The molecule has 1 aliphatic heterocycles. The number of carbonyl (C=O) groups is 1. The second-order valence-electron chi connectivity index (χ2n) is 5.17. The molecule has 0 aromatic carbocycles. The van der Waals surface area contributed by atoms with Gasteiger partial charge < -0.3 is 13.8 Å². The fraction of sp³-hybridized carbons (Fsp3) is 0.286. The number of furan rings is 1. The lowest BCUT2D eigenvalue weighted by molar-refractivity contribution is 0.0784. The molecule has 1 N–H and O–H groups in total. The Kier molecular flexibility index (Phi) is 2.99. The van der Waals surface area contributed by atoms with Crippen molar-refractivity contribution in [1.82, 2.24) is 25.2 Å². The van der Waals surface area contributed by atoms with E-state index in [1.807, 2.05) is 6.07 Å². The van der Waals surface area contributed by atoms with Gasteiger partial charge >= 0.3 is 0 Å². The van der Waals surface area contributed by atoms with Crippen LogP contribution in [0.25, 0.3) is 11.5 Å². The number of aromatic amines is 1. The largest absolute Gasteiger partial charge is 0.463 e. The molecule has 1 amide bonds. The number of likely N-dealkylation sites (tertiary alicyclic amines) is 1. The predicted octanol–water partition coefficient (Wildman–Crippen LogP) is 1.68. The van der Waals surface area contributed by atoms with Crippen LogP contribution in [0.2, 0.25) is 0 Å². The molecule has 0 bridgehead atoms. The molecular weight excluding hydrogens is 286 g/mol. The van der Waals surface area contributed by atoms with Gasteiger partial charge in [0.1, 0.15) is 5.69 Å². The van der Waals surface area contributed by atoms with Crippen LogP contribution in [0.4, 0.5) is 0 Å². The Labute approximate surface area is 125 Å². The zero-order valence-corrected chi connectivity index (χ0v) is 11.6. The second-order valence-corrected chi connectivity index (χ2v) is 5.17. The van der Waals surface area contributed by atoms with Gasteiger partial charge in [-0.2, -0.15) is 10.1 Å². The molecule has 0 aliphatic carbocycles. The molecule has 8 nitrogen and oxygen atoms in total. The van der Waals surface area contributed by atoms with Crippen molar-refractivity contribution in [3.05, 3.63) is 42.4 Å². The maximum atomic E-state index is 12.5. The van der Waals surface area contributed by atoms with Crippen LogP contribution < -0.4 is 0 Å². The maximum absolute atomic E-state index is 12.5. The zero-order valence-electron chi connectivity index (χ0n) is 11.6. The van der Waals surface area contributed by atoms with Gasteiger partial charge in [-0.05, 0) is 18.6 Å². The van der Waals surface area contributed by atoms with E-state index in [9.17, 15) is 4.79 Å². The van der Waals surface area contributed by atoms with Crippen LogP contribution in [-0.4, -0.2) is 44.2 Å². The van der Waals surface area contributed by atoms with Gasteiger partial charge in [0.25, 0.3) is 5.91 Å². The summed E-state index contributed by atoms with van der Waals surface area (Å²) >= 11 is 0. The summed E-state index contributed by atoms with van der Waals surface area (Å²) in [6.07, 6.45) is 3.71. The molecule has 3 aromatic rings. The Morgan fingerprint density at radius 1 is 1.45 bits per heavy atom. The number of rotatable bonds is 3. The van der Waals surface area contributed by atoms with Crippen LogP contribution in [0.15, 0.2) is 39.8 Å². The Hall–Kier alpha value is -2.90. The van der Waals surface area contributed by atoms with Gasteiger partial charge in [-0.15, -0.1) is 0 Å². The molecule has 1 atom stereocenters. The minimum absolute atomic E-state index is 0.111. The number of carbonyl (C=O) groups excluding carboxylic acids is 1. The lowest BCUT2D eigenvalue weighted by Crippen LogP contribution is -2.28. The molecule has 22 heavy (non-hydrogen) atoms. The fourth-order valence-corrected chi connectivity index (χ4v) is 2.67. The third-order valence-corrected chi connectivity index (χ3v) is 3.80. The van der Waals surface area contributed by atoms with Crippen molar-refractivity contribution in [2.45, 2.75) is 12.3 Å². The Balaban J connectivity index is 1.49. The van der Waals surface area contributed by atoms with Crippen molar-refractivity contribution in [1.29, 1.82) is 0 Å². The molecule has 0 spiro atoms. The van der Waals surface area contributed by atoms with Gasteiger partial charge in [0.2, 0.25) is 6.39 Å². The molecular formula is C14H13N5O3. The number of aromatic nitrogens is 4. The monoisotopic (exact) mass is 299 g/mol. The highest BCUT2D eigenvalue weighted by molar-refractivity contribution is 5.93. The van der Waals surface area contributed by atoms with E-state index in [1.165, 1.54) is 6.39 Å². The van der Waals surface area contributed by atoms with E-state index in [-0.39, 0.29) is 11.8 Å². The van der Waals surface area contributed by atoms with Gasteiger partial charge in [0.15, 0.2) is 17.3 Å². The predicted molar refractivity (Wildman–Crippen MR) is 73.8 cm³/mol. The van der Waals surface area contributed by atoms with E-state index in [4.69, 9.17) is 8.94 Å². The summed E-state index contributed by atoms with van der Waals surface area (Å²) in [5, 5.41) is 10.7. The van der Waals surface area contributed by atoms with Crippen molar-refractivity contribution in [3.8, 4) is 11.5 Å². The van der Waals surface area contributed by atoms with Crippen LogP contribution in [0, 0.1) is 0 Å². The minimum Gasteiger partial charge on any atom is -0.463 e. The number of H-pyrrole nitrogens is 1. The Morgan fingerprint density at radius 3 is 3.18 bits per heavy atom. The standard InChI is InChI=1S/C14H13N5O3/c20-14(11-6-10(16-17-11)12-2-1-5-21-12)19-4-3-9(7-19)13-15-8-22-18-13/h1-2,5-6,8-9H,3-4,7H2,(H,16,17). The van der Waals surface area contributed by atoms with E-state index in [0.29, 0.717) is 36.1 Å². The lowest BCUT2D eigenvalue weighted by atomic mass is 10.1. The highest BCUT2D eigenvalue weighted by atomic mass is 16.5. The van der Waals surface area contributed by atoms with E-state index >= 15 is 0 Å². The summed E-state index contributed by atoms with van der Waals surface area (Å²) in [5.41, 5.74) is 1.06. The van der Waals surface area contributed by atoms with Crippen LogP contribution in [0.1, 0.15) is 28.7 Å². The van der Waals surface area contributed by atoms with Crippen LogP contribution in [-0.2, 0) is 0 Å². The minimum atomic E-state index is -0.111. The van der Waals surface area contributed by atoms with Gasteiger partial charge in [-0.1, -0.05) is 5.16 Å². The molecule has 112 valence electrons. The highest BCUT2D eigenvalue weighted by Crippen LogP contribution is 2.26. The first-order valence-corrected chi connectivity index (χ1v) is 6.96. The average molecular weight is 299 g/mol. The number of hydrogen-bond acceptors (Lipinski definition) is 6. The summed E-state index contributed by atoms with van der Waals surface area (Å²) in [7, 11) is 0. The van der Waals surface area contributed by atoms with Crippen molar-refractivity contribution in [2.75, 3.05) is 13.1 Å². The van der Waals surface area contributed by atoms with Gasteiger partial charge in [0.05, 0.1) is 6.26 Å². The van der Waals surface area contributed by atoms with Gasteiger partial charge in [0, 0.05) is 25.1 Å². The van der Waals surface area contributed by atoms with E-state index in [0.717, 1.165) is 6.42 Å². The molecule has 0 saturated carbocycles. The lowest BCUT2D eigenvalue weighted by Gasteiger charge is -2.13. The Morgan fingerprint density at radius 2 is 2.41 bits per heavy atom. The normalized spacial score (nSPS) is 18.0. The first-order chi connectivity index (χ1) is 10.8. The molecule has 1 saturated heterocycles. The second kappa shape index (κ2) is 5.14. The molecule has 0 radical (unpaired) electrons. The Bertz CT molecular complexity index is 762. The maximum Gasteiger partial charge on any atom is 0.274 e. The topological polar surface area (TPSA) is 101 Å². The smallest absolute Gasteiger partial charge is 0.274 e. The summed E-state index contributed by atoms with van der Waals surface area (Å²) in [6.45, 7) is 1.22. The third kappa shape index (κ3) is 2.18. The van der Waals surface area contributed by atoms with Crippen molar-refractivity contribution in [3.63, 3.8) is 0 Å². The molecule has 1 unspecified atom stereocenters. The average Bonchev–Trinajstić information content (AvgIpc) is 3.35. The molecule has 8 heteroatoms. The first-order valence-electron chi connectivity index (χ1n) is 6.96. The van der Waals surface area contributed by atoms with Crippen molar-refractivity contribution < 1.29 is 13.7 Å². The SMILES string of the molecule is O=C(c1cc(-c2ccco2)[nH]n1)N1CCC(c2ncon2)C1. The van der Waals surface area contributed by atoms with Crippen LogP contribution >= 0.6 is 0 Å². The molecule has 1 aliphatic rings. The van der Waals surface area contributed by atoms with E-state index in [1.54, 1.807) is 23.3 Å². The zero-order chi connectivity index (χ0) is 14.9. The summed E-state index contributed by atoms with van der Waals surface area (Å²) < 4.78 is 10.0. The molecule has 3 aromatic heterocycles. The van der Waals surface area contributed by atoms with E-state index < -0.39 is 0 Å². The highest BCUT2D eigenvalue weighted by Gasteiger charge is 2.31. The summed E-state index contributed by atoms with van der Waals surface area (Å²) in [5.74, 6) is 1.30. The molecule has 4 heterocycles. The molecule has 1 fully saturated rings. The van der Waals surface area contributed by atoms with E-state index in [2.05, 4.69) is 20.3 Å². The number of amides is 1.